The molecule has 1 aromatic carbocycles. The molecule has 1 nitrogen and oxygen atoms in total. The Balaban J connectivity index is 2.13. The quantitative estimate of drug-likeness (QED) is 0.588. The SMILES string of the molecule is O=C1CCCCc2cc3c(cc21)CCC3. The molecule has 78 valence electrons. The van der Waals surface area contributed by atoms with Crippen LogP contribution in [0.5, 0.6) is 0 Å². The van der Waals surface area contributed by atoms with E-state index >= 15 is 0 Å². The second kappa shape index (κ2) is 3.48. The summed E-state index contributed by atoms with van der Waals surface area (Å²) in [5.74, 6) is 0.372. The van der Waals surface area contributed by atoms with E-state index in [2.05, 4.69) is 12.1 Å². The topological polar surface area (TPSA) is 17.1 Å². The van der Waals surface area contributed by atoms with Crippen LogP contribution in [0.1, 0.15) is 52.7 Å². The fraction of sp³-hybridized carbons (Fsp3) is 0.500. The highest BCUT2D eigenvalue weighted by molar-refractivity contribution is 5.98. The van der Waals surface area contributed by atoms with Gasteiger partial charge in [0.15, 0.2) is 5.78 Å². The number of Topliss-reactive ketones (excluding diaryl/α,β-unsaturated/α-hetero) is 1. The van der Waals surface area contributed by atoms with E-state index in [4.69, 9.17) is 0 Å². The van der Waals surface area contributed by atoms with E-state index in [1.807, 2.05) is 0 Å². The lowest BCUT2D eigenvalue weighted by Crippen LogP contribution is -2.02. The minimum atomic E-state index is 0.372. The third-order valence-corrected chi connectivity index (χ3v) is 3.72. The van der Waals surface area contributed by atoms with Crippen LogP contribution in [0, 0.1) is 0 Å². The molecule has 0 aliphatic heterocycles. The van der Waals surface area contributed by atoms with Crippen LogP contribution in [-0.4, -0.2) is 5.78 Å². The highest BCUT2D eigenvalue weighted by atomic mass is 16.1. The average molecular weight is 200 g/mol. The van der Waals surface area contributed by atoms with Crippen LogP contribution in [-0.2, 0) is 19.3 Å². The highest BCUT2D eigenvalue weighted by Crippen LogP contribution is 2.29. The van der Waals surface area contributed by atoms with Crippen LogP contribution in [0.4, 0.5) is 0 Å². The molecular formula is C14H16O. The molecule has 0 fully saturated rings. The molecule has 1 heteroatoms. The van der Waals surface area contributed by atoms with Crippen molar-refractivity contribution in [3.05, 3.63) is 34.4 Å². The van der Waals surface area contributed by atoms with E-state index in [0.29, 0.717) is 5.78 Å². The summed E-state index contributed by atoms with van der Waals surface area (Å²) in [7, 11) is 0. The summed E-state index contributed by atoms with van der Waals surface area (Å²) in [6.45, 7) is 0. The maximum atomic E-state index is 11.9. The van der Waals surface area contributed by atoms with Gasteiger partial charge in [-0.1, -0.05) is 6.07 Å². The average Bonchev–Trinajstić information content (AvgIpc) is 2.62. The molecule has 0 spiro atoms. The van der Waals surface area contributed by atoms with Crippen molar-refractivity contribution in [2.45, 2.75) is 44.9 Å². The summed E-state index contributed by atoms with van der Waals surface area (Å²) in [5.41, 5.74) is 5.29. The number of carbonyl (C=O) groups is 1. The first-order valence-electron chi connectivity index (χ1n) is 6.02. The molecule has 2 aliphatic rings. The zero-order valence-electron chi connectivity index (χ0n) is 9.01. The molecule has 0 saturated heterocycles. The number of hydrogen-bond donors (Lipinski definition) is 0. The lowest BCUT2D eigenvalue weighted by molar-refractivity contribution is 0.0982. The van der Waals surface area contributed by atoms with Gasteiger partial charge in [-0.15, -0.1) is 0 Å². The molecule has 0 saturated carbocycles. The molecule has 1 aromatic rings. The van der Waals surface area contributed by atoms with Crippen molar-refractivity contribution >= 4 is 5.78 Å². The molecule has 0 aromatic heterocycles. The van der Waals surface area contributed by atoms with Gasteiger partial charge in [0.1, 0.15) is 0 Å². The number of ketones is 1. The Morgan fingerprint density at radius 3 is 2.27 bits per heavy atom. The summed E-state index contributed by atoms with van der Waals surface area (Å²) in [6.07, 6.45) is 7.77. The fourth-order valence-corrected chi connectivity index (χ4v) is 2.88. The summed E-state index contributed by atoms with van der Waals surface area (Å²) in [6, 6.07) is 4.49. The zero-order chi connectivity index (χ0) is 10.3. The zero-order valence-corrected chi connectivity index (χ0v) is 9.01. The predicted molar refractivity (Wildman–Crippen MR) is 60.4 cm³/mol. The Bertz CT molecular complexity index is 418. The van der Waals surface area contributed by atoms with Gasteiger partial charge in [0, 0.05) is 12.0 Å². The number of rotatable bonds is 0. The Morgan fingerprint density at radius 2 is 1.40 bits per heavy atom. The number of hydrogen-bond acceptors (Lipinski definition) is 1. The third-order valence-electron chi connectivity index (χ3n) is 3.72. The molecule has 3 rings (SSSR count). The van der Waals surface area contributed by atoms with Crippen LogP contribution in [0.25, 0.3) is 0 Å². The second-order valence-electron chi connectivity index (χ2n) is 4.76. The normalized spacial score (nSPS) is 19.6. The maximum Gasteiger partial charge on any atom is 0.163 e. The summed E-state index contributed by atoms with van der Waals surface area (Å²) in [5, 5.41) is 0. The Labute approximate surface area is 90.5 Å². The molecular weight excluding hydrogens is 184 g/mol. The second-order valence-corrected chi connectivity index (χ2v) is 4.76. The molecule has 0 amide bonds. The van der Waals surface area contributed by atoms with E-state index < -0.39 is 0 Å². The molecule has 0 N–H and O–H groups in total. The van der Waals surface area contributed by atoms with Gasteiger partial charge in [0.25, 0.3) is 0 Å². The minimum Gasteiger partial charge on any atom is -0.294 e. The van der Waals surface area contributed by atoms with Gasteiger partial charge < -0.3 is 0 Å². The fourth-order valence-electron chi connectivity index (χ4n) is 2.88. The molecule has 0 radical (unpaired) electrons. The van der Waals surface area contributed by atoms with Crippen molar-refractivity contribution in [2.24, 2.45) is 0 Å². The monoisotopic (exact) mass is 200 g/mol. The highest BCUT2D eigenvalue weighted by Gasteiger charge is 2.20. The number of benzene rings is 1. The standard InChI is InChI=1S/C14H16O/c15-14-7-2-1-4-12-8-10-5-3-6-11(10)9-13(12)14/h8-9H,1-7H2. The largest absolute Gasteiger partial charge is 0.294 e. The van der Waals surface area contributed by atoms with E-state index in [1.54, 1.807) is 0 Å². The van der Waals surface area contributed by atoms with Gasteiger partial charge in [-0.25, -0.2) is 0 Å². The lowest BCUT2D eigenvalue weighted by atomic mass is 9.96. The molecule has 2 aliphatic carbocycles. The number of fused-ring (bicyclic) bond motifs is 2. The number of aryl methyl sites for hydroxylation is 3. The number of carbonyl (C=O) groups excluding carboxylic acids is 1. The first-order valence-corrected chi connectivity index (χ1v) is 6.02. The van der Waals surface area contributed by atoms with Gasteiger partial charge in [-0.2, -0.15) is 0 Å². The van der Waals surface area contributed by atoms with Crippen molar-refractivity contribution < 1.29 is 4.79 Å². The summed E-state index contributed by atoms with van der Waals surface area (Å²) < 4.78 is 0. The lowest BCUT2D eigenvalue weighted by Gasteiger charge is -2.08. The van der Waals surface area contributed by atoms with Crippen molar-refractivity contribution in [2.75, 3.05) is 0 Å². The van der Waals surface area contributed by atoms with Crippen LogP contribution in [0.2, 0.25) is 0 Å². The van der Waals surface area contributed by atoms with Crippen LogP contribution < -0.4 is 0 Å². The first-order chi connectivity index (χ1) is 7.34. The van der Waals surface area contributed by atoms with E-state index in [9.17, 15) is 4.79 Å². The Hall–Kier alpha value is -1.11. The summed E-state index contributed by atoms with van der Waals surface area (Å²) in [4.78, 5) is 11.9. The predicted octanol–water partition coefficient (Wildman–Crippen LogP) is 3.08. The minimum absolute atomic E-state index is 0.372. The summed E-state index contributed by atoms with van der Waals surface area (Å²) >= 11 is 0. The van der Waals surface area contributed by atoms with Crippen molar-refractivity contribution in [1.29, 1.82) is 0 Å². The van der Waals surface area contributed by atoms with Crippen LogP contribution in [0.15, 0.2) is 12.1 Å². The smallest absolute Gasteiger partial charge is 0.163 e. The van der Waals surface area contributed by atoms with Crippen LogP contribution >= 0.6 is 0 Å². The van der Waals surface area contributed by atoms with Crippen molar-refractivity contribution in [3.8, 4) is 0 Å². The first kappa shape index (κ1) is 9.14. The molecule has 0 heterocycles. The van der Waals surface area contributed by atoms with Gasteiger partial charge in [0.05, 0.1) is 0 Å². The molecule has 15 heavy (non-hydrogen) atoms. The van der Waals surface area contributed by atoms with Crippen LogP contribution in [0.3, 0.4) is 0 Å². The third kappa shape index (κ3) is 1.50. The molecule has 0 bridgehead atoms. The molecule has 0 unspecified atom stereocenters. The van der Waals surface area contributed by atoms with Gasteiger partial charge in [-0.3, -0.25) is 4.79 Å². The van der Waals surface area contributed by atoms with Crippen molar-refractivity contribution in [1.82, 2.24) is 0 Å². The van der Waals surface area contributed by atoms with Gasteiger partial charge in [0.2, 0.25) is 0 Å². The van der Waals surface area contributed by atoms with E-state index in [1.165, 1.54) is 42.4 Å². The van der Waals surface area contributed by atoms with E-state index in [0.717, 1.165) is 24.8 Å². The van der Waals surface area contributed by atoms with E-state index in [-0.39, 0.29) is 0 Å². The molecule has 0 atom stereocenters. The van der Waals surface area contributed by atoms with Gasteiger partial charge >= 0.3 is 0 Å². The Morgan fingerprint density at radius 1 is 0.733 bits per heavy atom. The van der Waals surface area contributed by atoms with Gasteiger partial charge in [-0.05, 0) is 61.3 Å². The Kier molecular flexibility index (Phi) is 2.12. The maximum absolute atomic E-state index is 11.9. The van der Waals surface area contributed by atoms with Crippen molar-refractivity contribution in [3.63, 3.8) is 0 Å².